The molecule has 13 nitrogen and oxygen atoms in total. The van der Waals surface area contributed by atoms with Crippen molar-refractivity contribution < 1.29 is 90.5 Å². The van der Waals surface area contributed by atoms with Crippen LogP contribution in [0.5, 0.6) is 0 Å². The van der Waals surface area contributed by atoms with Crippen molar-refractivity contribution in [2.75, 3.05) is 26.9 Å². The Balaban J connectivity index is 0.00000722. The van der Waals surface area contributed by atoms with Crippen LogP contribution >= 0.6 is 0 Å². The summed E-state index contributed by atoms with van der Waals surface area (Å²) in [6.07, 6.45) is -3.18. The molecule has 0 aromatic carbocycles. The molecule has 3 N–H and O–H groups in total. The topological polar surface area (TPSA) is 176 Å². The first-order chi connectivity index (χ1) is 17.5. The van der Waals surface area contributed by atoms with Gasteiger partial charge >= 0.3 is 17.9 Å². The normalized spacial score (nSPS) is 30.6. The molecule has 2 fully saturated rings. The van der Waals surface area contributed by atoms with E-state index >= 15 is 0 Å². The number of esters is 3. The van der Waals surface area contributed by atoms with Gasteiger partial charge in [0.25, 0.3) is 0 Å². The molecule has 8 atom stereocenters. The molecule has 1 saturated heterocycles. The number of nitrogens with one attached hydrogen (secondary N) is 1. The predicted molar refractivity (Wildman–Crippen MR) is 125 cm³/mol. The van der Waals surface area contributed by atoms with E-state index < -0.39 is 54.7 Å². The molecule has 1 radical (unpaired) electrons. The van der Waals surface area contributed by atoms with E-state index in [9.17, 15) is 29.4 Å². The van der Waals surface area contributed by atoms with Gasteiger partial charge in [-0.15, -0.1) is 0 Å². The van der Waals surface area contributed by atoms with Gasteiger partial charge in [-0.2, -0.15) is 0 Å². The minimum Gasteiger partial charge on any atom is -0.463 e. The van der Waals surface area contributed by atoms with Crippen LogP contribution in [0.15, 0.2) is 0 Å². The van der Waals surface area contributed by atoms with Crippen LogP contribution < -0.4 is 5.32 Å². The van der Waals surface area contributed by atoms with Crippen molar-refractivity contribution in [3.05, 3.63) is 0 Å². The van der Waals surface area contributed by atoms with Gasteiger partial charge in [0.05, 0.1) is 12.1 Å². The van der Waals surface area contributed by atoms with Crippen LogP contribution in [0.4, 0.5) is 0 Å². The smallest absolute Gasteiger partial charge is 0.303 e. The van der Waals surface area contributed by atoms with Gasteiger partial charge in [-0.25, -0.2) is 0 Å². The number of carbonyl (C=O) groups excluding carboxylic acids is 4. The Morgan fingerprint density at radius 3 is 2.24 bits per heavy atom. The number of hydrogen-bond acceptors (Lipinski definition) is 12. The van der Waals surface area contributed by atoms with Gasteiger partial charge in [0.15, 0.2) is 12.4 Å². The van der Waals surface area contributed by atoms with Gasteiger partial charge in [0.2, 0.25) is 5.91 Å². The van der Waals surface area contributed by atoms with Crippen molar-refractivity contribution in [2.45, 2.75) is 95.7 Å². The van der Waals surface area contributed by atoms with Crippen molar-refractivity contribution >= 4 is 23.8 Å². The minimum absolute atomic E-state index is 0. The zero-order valence-corrected chi connectivity index (χ0v) is 25.2. The molecule has 215 valence electrons. The molecule has 1 saturated carbocycles. The van der Waals surface area contributed by atoms with Gasteiger partial charge in [0, 0.05) is 92.6 Å². The molecule has 1 aliphatic carbocycles. The van der Waals surface area contributed by atoms with Crippen LogP contribution in [-0.4, -0.2) is 104 Å². The summed E-state index contributed by atoms with van der Waals surface area (Å²) in [6, 6.07) is -0.380. The second-order valence-electron chi connectivity index (χ2n) is 9.24. The first kappa shape index (κ1) is 34.8. The summed E-state index contributed by atoms with van der Waals surface area (Å²) in [4.78, 5) is 46.8. The van der Waals surface area contributed by atoms with Gasteiger partial charge in [-0.1, -0.05) is 0 Å². The summed E-state index contributed by atoms with van der Waals surface area (Å²) in [7, 11) is 1.45. The Labute approximate surface area is 247 Å². The molecule has 0 bridgehead atoms. The second-order valence-corrected chi connectivity index (χ2v) is 9.24. The average molecular weight is 622 g/mol. The number of amides is 1. The number of aliphatic hydroxyl groups is 2. The maximum atomic E-state index is 12.4. The second kappa shape index (κ2) is 17.5. The standard InChI is InChI=1S/C24H39NO12.Y/c1-13(27)34-12-19-24(36-15(3)29)18(35-14(2)28)10-21(37-19)33-8-6-5-7-20(30)25-17-9-16(11-26)22(31)23(17)32-4;/h16-19,21-24,26,31H,5-12H2,1-4H3,(H,25,30);. The Bertz CT molecular complexity index is 783. The fraction of sp³-hybridized carbons (Fsp3) is 0.833. The number of carbonyl (C=O) groups is 4. The molecule has 0 spiro atoms. The van der Waals surface area contributed by atoms with Crippen molar-refractivity contribution in [1.29, 1.82) is 0 Å². The maximum absolute atomic E-state index is 12.4. The summed E-state index contributed by atoms with van der Waals surface area (Å²) >= 11 is 0. The third-order valence-electron chi connectivity index (χ3n) is 6.28. The molecular formula is C24H39NO12Y. The van der Waals surface area contributed by atoms with Crippen LogP contribution in [0.2, 0.25) is 0 Å². The molecule has 1 heterocycles. The third-order valence-corrected chi connectivity index (χ3v) is 6.28. The zero-order valence-electron chi connectivity index (χ0n) is 22.3. The van der Waals surface area contributed by atoms with E-state index in [1.807, 2.05) is 0 Å². The molecule has 1 amide bonds. The fourth-order valence-electron chi connectivity index (χ4n) is 4.62. The molecule has 2 aliphatic rings. The molecule has 38 heavy (non-hydrogen) atoms. The van der Waals surface area contributed by atoms with Crippen LogP contribution in [0.25, 0.3) is 0 Å². The van der Waals surface area contributed by atoms with E-state index in [1.165, 1.54) is 27.9 Å². The van der Waals surface area contributed by atoms with Crippen molar-refractivity contribution in [2.24, 2.45) is 5.92 Å². The van der Waals surface area contributed by atoms with Crippen LogP contribution in [-0.2, 0) is 80.3 Å². The number of rotatable bonds is 13. The molecule has 14 heteroatoms. The number of unbranched alkanes of at least 4 members (excludes halogenated alkanes) is 1. The number of aliphatic hydroxyl groups excluding tert-OH is 2. The first-order valence-electron chi connectivity index (χ1n) is 12.4. The summed E-state index contributed by atoms with van der Waals surface area (Å²) in [5, 5.41) is 22.4. The predicted octanol–water partition coefficient (Wildman–Crippen LogP) is -0.415. The number of hydrogen-bond donors (Lipinski definition) is 3. The summed E-state index contributed by atoms with van der Waals surface area (Å²) in [5.74, 6) is -2.28. The van der Waals surface area contributed by atoms with E-state index in [-0.39, 0.29) is 83.2 Å². The Morgan fingerprint density at radius 1 is 0.974 bits per heavy atom. The van der Waals surface area contributed by atoms with Gasteiger partial charge in [-0.3, -0.25) is 19.2 Å². The zero-order chi connectivity index (χ0) is 27.5. The van der Waals surface area contributed by atoms with Crippen LogP contribution in [0.1, 0.15) is 52.9 Å². The van der Waals surface area contributed by atoms with Crippen LogP contribution in [0, 0.1) is 5.92 Å². The van der Waals surface area contributed by atoms with E-state index in [4.69, 9.17) is 28.4 Å². The largest absolute Gasteiger partial charge is 0.463 e. The van der Waals surface area contributed by atoms with Crippen molar-refractivity contribution in [3.8, 4) is 0 Å². The molecule has 1 aliphatic heterocycles. The quantitative estimate of drug-likeness (QED) is 0.138. The SMILES string of the molecule is COC1C(NC(=O)CCCCOC2CC(OC(C)=O)C(OC(C)=O)C(COC(C)=O)O2)CC(CO)C1O.[Y]. The van der Waals surface area contributed by atoms with Gasteiger partial charge in [-0.05, 0) is 19.3 Å². The van der Waals surface area contributed by atoms with Gasteiger partial charge in [0.1, 0.15) is 24.9 Å². The van der Waals surface area contributed by atoms with E-state index in [1.54, 1.807) is 0 Å². The monoisotopic (exact) mass is 622 g/mol. The third kappa shape index (κ3) is 11.1. The van der Waals surface area contributed by atoms with E-state index in [0.717, 1.165) is 0 Å². The fourth-order valence-corrected chi connectivity index (χ4v) is 4.62. The van der Waals surface area contributed by atoms with E-state index in [2.05, 4.69) is 5.32 Å². The molecule has 0 aromatic heterocycles. The Hall–Kier alpha value is -1.22. The van der Waals surface area contributed by atoms with Crippen molar-refractivity contribution in [3.63, 3.8) is 0 Å². The van der Waals surface area contributed by atoms with E-state index in [0.29, 0.717) is 19.3 Å². The maximum Gasteiger partial charge on any atom is 0.303 e. The molecule has 2 rings (SSSR count). The minimum atomic E-state index is -0.972. The van der Waals surface area contributed by atoms with Crippen molar-refractivity contribution in [1.82, 2.24) is 5.32 Å². The summed E-state index contributed by atoms with van der Waals surface area (Å²) in [6.45, 7) is 3.50. The van der Waals surface area contributed by atoms with Crippen LogP contribution in [0.3, 0.4) is 0 Å². The Kier molecular flexibility index (Phi) is 16.0. The molecule has 0 aromatic rings. The van der Waals surface area contributed by atoms with Gasteiger partial charge < -0.3 is 44.0 Å². The summed E-state index contributed by atoms with van der Waals surface area (Å²) < 4.78 is 32.5. The first-order valence-corrected chi connectivity index (χ1v) is 12.4. The number of ether oxygens (including phenoxy) is 6. The molecular weight excluding hydrogens is 583 g/mol. The number of methoxy groups -OCH3 is 1. The summed E-state index contributed by atoms with van der Waals surface area (Å²) in [5.41, 5.74) is 0. The Morgan fingerprint density at radius 2 is 1.66 bits per heavy atom. The average Bonchev–Trinajstić information content (AvgIpc) is 3.12. The molecule has 8 unspecified atom stereocenters.